The van der Waals surface area contributed by atoms with Gasteiger partial charge in [-0.2, -0.15) is 0 Å². The van der Waals surface area contributed by atoms with Crippen molar-refractivity contribution in [2.75, 3.05) is 20.3 Å². The fraction of sp³-hybridized carbons (Fsp3) is 0.200. The Bertz CT molecular complexity index is 1290. The van der Waals surface area contributed by atoms with E-state index < -0.39 is 11.5 Å². The third-order valence-electron chi connectivity index (χ3n) is 5.11. The second-order valence-corrected chi connectivity index (χ2v) is 7.16. The van der Waals surface area contributed by atoms with Gasteiger partial charge in [0.25, 0.3) is 0 Å². The summed E-state index contributed by atoms with van der Waals surface area (Å²) in [5, 5.41) is 2.84. The Hall–Kier alpha value is -3.80. The molecule has 0 aliphatic rings. The fourth-order valence-corrected chi connectivity index (χ4v) is 3.34. The van der Waals surface area contributed by atoms with Crippen molar-refractivity contribution in [1.82, 2.24) is 0 Å². The van der Waals surface area contributed by atoms with Gasteiger partial charge < -0.3 is 18.6 Å². The van der Waals surface area contributed by atoms with Crippen LogP contribution in [0.25, 0.3) is 21.7 Å². The van der Waals surface area contributed by atoms with E-state index >= 15 is 0 Å². The molecule has 31 heavy (non-hydrogen) atoms. The molecule has 1 aromatic heterocycles. The molecule has 0 N–H and O–H groups in total. The van der Waals surface area contributed by atoms with Crippen LogP contribution in [-0.2, 0) is 9.53 Å². The number of carbonyl (C=O) groups excluding carboxylic acids is 1. The maximum absolute atomic E-state index is 12.5. The van der Waals surface area contributed by atoms with Crippen molar-refractivity contribution >= 4 is 27.7 Å². The van der Waals surface area contributed by atoms with Gasteiger partial charge in [-0.25, -0.2) is 4.79 Å². The van der Waals surface area contributed by atoms with Gasteiger partial charge in [0.15, 0.2) is 0 Å². The van der Waals surface area contributed by atoms with Gasteiger partial charge in [0.2, 0.25) is 0 Å². The minimum absolute atomic E-state index is 0.135. The quantitative estimate of drug-likeness (QED) is 0.246. The molecule has 4 aromatic rings. The molecule has 0 spiro atoms. The highest BCUT2D eigenvalue weighted by molar-refractivity contribution is 5.86. The van der Waals surface area contributed by atoms with Crippen molar-refractivity contribution in [1.29, 1.82) is 0 Å². The van der Waals surface area contributed by atoms with Crippen LogP contribution in [0.3, 0.4) is 0 Å². The van der Waals surface area contributed by atoms with Gasteiger partial charge in [0.1, 0.15) is 30.3 Å². The molecule has 158 valence electrons. The number of ether oxygens (including phenoxy) is 3. The fourth-order valence-electron chi connectivity index (χ4n) is 3.34. The van der Waals surface area contributed by atoms with Gasteiger partial charge in [-0.3, -0.25) is 4.79 Å². The largest absolute Gasteiger partial charge is 0.497 e. The summed E-state index contributed by atoms with van der Waals surface area (Å²) in [5.41, 5.74) is 0.988. The number of esters is 1. The summed E-state index contributed by atoms with van der Waals surface area (Å²) >= 11 is 0. The molecular weight excluding hydrogens is 396 g/mol. The van der Waals surface area contributed by atoms with E-state index in [-0.39, 0.29) is 19.2 Å². The van der Waals surface area contributed by atoms with Crippen molar-refractivity contribution in [3.8, 4) is 11.5 Å². The molecule has 6 nitrogen and oxygen atoms in total. The predicted molar refractivity (Wildman–Crippen MR) is 118 cm³/mol. The zero-order valence-corrected chi connectivity index (χ0v) is 17.3. The minimum atomic E-state index is -0.395. The maximum Gasteiger partial charge on any atom is 0.336 e. The molecule has 0 saturated carbocycles. The van der Waals surface area contributed by atoms with Crippen LogP contribution in [0.5, 0.6) is 11.5 Å². The van der Waals surface area contributed by atoms with E-state index in [2.05, 4.69) is 0 Å². The highest BCUT2D eigenvalue weighted by Crippen LogP contribution is 2.26. The van der Waals surface area contributed by atoms with Gasteiger partial charge in [-0.15, -0.1) is 0 Å². The maximum atomic E-state index is 12.5. The molecule has 6 heteroatoms. The van der Waals surface area contributed by atoms with Crippen LogP contribution in [0.15, 0.2) is 75.9 Å². The smallest absolute Gasteiger partial charge is 0.336 e. The number of hydrogen-bond donors (Lipinski definition) is 0. The van der Waals surface area contributed by atoms with Crippen LogP contribution in [0.1, 0.15) is 18.4 Å². The monoisotopic (exact) mass is 418 g/mol. The van der Waals surface area contributed by atoms with E-state index in [1.165, 1.54) is 6.07 Å². The molecule has 0 amide bonds. The Balaban J connectivity index is 1.32. The zero-order valence-electron chi connectivity index (χ0n) is 17.3. The lowest BCUT2D eigenvalue weighted by molar-refractivity contribution is -0.145. The first kappa shape index (κ1) is 20.5. The van der Waals surface area contributed by atoms with E-state index in [1.54, 1.807) is 31.4 Å². The molecule has 0 fully saturated rings. The lowest BCUT2D eigenvalue weighted by Gasteiger charge is -2.13. The molecular formula is C25H22O6. The van der Waals surface area contributed by atoms with E-state index in [0.29, 0.717) is 11.3 Å². The molecule has 0 aliphatic carbocycles. The molecule has 0 saturated heterocycles. The Morgan fingerprint density at radius 1 is 0.871 bits per heavy atom. The zero-order chi connectivity index (χ0) is 21.8. The Labute approximate surface area is 179 Å². The van der Waals surface area contributed by atoms with E-state index in [0.717, 1.165) is 27.5 Å². The van der Waals surface area contributed by atoms with Crippen molar-refractivity contribution in [2.24, 2.45) is 0 Å². The summed E-state index contributed by atoms with van der Waals surface area (Å²) < 4.78 is 21.4. The summed E-state index contributed by atoms with van der Waals surface area (Å²) in [6.07, 6.45) is 0. The van der Waals surface area contributed by atoms with Crippen molar-refractivity contribution < 1.29 is 23.4 Å². The topological polar surface area (TPSA) is 75.0 Å². The number of fused-ring (bicyclic) bond motifs is 2. The first-order chi connectivity index (χ1) is 15.0. The van der Waals surface area contributed by atoms with Gasteiger partial charge in [-0.05, 0) is 59.7 Å². The number of hydrogen-bond acceptors (Lipinski definition) is 6. The first-order valence-electron chi connectivity index (χ1n) is 9.94. The van der Waals surface area contributed by atoms with Crippen LogP contribution in [0.4, 0.5) is 0 Å². The van der Waals surface area contributed by atoms with Gasteiger partial charge in [0.05, 0.1) is 13.0 Å². The second kappa shape index (κ2) is 8.92. The molecule has 1 atom stereocenters. The van der Waals surface area contributed by atoms with Gasteiger partial charge in [0, 0.05) is 11.5 Å². The molecule has 0 bridgehead atoms. The summed E-state index contributed by atoms with van der Waals surface area (Å²) in [7, 11) is 1.64. The van der Waals surface area contributed by atoms with E-state index in [4.69, 9.17) is 18.6 Å². The van der Waals surface area contributed by atoms with Crippen LogP contribution in [0.2, 0.25) is 0 Å². The highest BCUT2D eigenvalue weighted by atomic mass is 16.6. The second-order valence-electron chi connectivity index (χ2n) is 7.16. The average Bonchev–Trinajstić information content (AvgIpc) is 2.80. The summed E-state index contributed by atoms with van der Waals surface area (Å²) in [5.74, 6) is 0.700. The Morgan fingerprint density at radius 2 is 1.58 bits per heavy atom. The normalized spacial score (nSPS) is 11.9. The van der Waals surface area contributed by atoms with E-state index in [9.17, 15) is 9.59 Å². The Kier molecular flexibility index (Phi) is 5.89. The van der Waals surface area contributed by atoms with E-state index in [1.807, 2.05) is 43.3 Å². The van der Waals surface area contributed by atoms with Gasteiger partial charge >= 0.3 is 11.6 Å². The summed E-state index contributed by atoms with van der Waals surface area (Å²) in [6.45, 7) is 2.18. The van der Waals surface area contributed by atoms with Crippen molar-refractivity contribution in [3.63, 3.8) is 0 Å². The predicted octanol–water partition coefficient (Wildman–Crippen LogP) is 4.68. The molecule has 0 aliphatic heterocycles. The summed E-state index contributed by atoms with van der Waals surface area (Å²) in [4.78, 5) is 23.7. The molecule has 1 heterocycles. The molecule has 3 aromatic carbocycles. The third-order valence-corrected chi connectivity index (χ3v) is 5.11. The number of carbonyl (C=O) groups is 1. The molecule has 4 rings (SSSR count). The van der Waals surface area contributed by atoms with Crippen LogP contribution < -0.4 is 15.1 Å². The number of benzene rings is 3. The summed E-state index contributed by atoms with van der Waals surface area (Å²) in [6, 6.07) is 19.9. The highest BCUT2D eigenvalue weighted by Gasteiger charge is 2.17. The standard InChI is InChI=1S/C25H22O6/c1-16(17-3-4-19-14-21(28-2)7-5-18(19)13-17)25(27)30-12-11-29-22-8-9-23-20(15-22)6-10-24(26)31-23/h3-10,13-16H,11-12H2,1-2H3/t16-/m0/s1. The van der Waals surface area contributed by atoms with Crippen LogP contribution in [0, 0.1) is 0 Å². The third kappa shape index (κ3) is 4.69. The van der Waals surface area contributed by atoms with Gasteiger partial charge in [-0.1, -0.05) is 24.3 Å². The minimum Gasteiger partial charge on any atom is -0.497 e. The number of rotatable bonds is 7. The average molecular weight is 418 g/mol. The van der Waals surface area contributed by atoms with Crippen LogP contribution in [-0.4, -0.2) is 26.3 Å². The SMILES string of the molecule is COc1ccc2cc([C@H](C)C(=O)OCCOc3ccc4oc(=O)ccc4c3)ccc2c1. The van der Waals surface area contributed by atoms with Crippen molar-refractivity contribution in [2.45, 2.75) is 12.8 Å². The van der Waals surface area contributed by atoms with Crippen molar-refractivity contribution in [3.05, 3.63) is 82.7 Å². The lowest BCUT2D eigenvalue weighted by Crippen LogP contribution is -2.17. The first-order valence-corrected chi connectivity index (χ1v) is 9.94. The van der Waals surface area contributed by atoms with Crippen LogP contribution >= 0.6 is 0 Å². The molecule has 0 radical (unpaired) electrons. The molecule has 0 unspecified atom stereocenters. The Morgan fingerprint density at radius 3 is 2.42 bits per heavy atom. The lowest BCUT2D eigenvalue weighted by atomic mass is 9.98. The number of methoxy groups -OCH3 is 1.